The van der Waals surface area contributed by atoms with E-state index in [9.17, 15) is 9.59 Å². The molecule has 4 rings (SSSR count). The average Bonchev–Trinajstić information content (AvgIpc) is 3.29. The quantitative estimate of drug-likeness (QED) is 0.508. The molecule has 0 aliphatic carbocycles. The normalized spacial score (nSPS) is 18.2. The van der Waals surface area contributed by atoms with Crippen LogP contribution in [0.1, 0.15) is 53.9 Å². The Labute approximate surface area is 206 Å². The molecule has 2 unspecified atom stereocenters. The predicted octanol–water partition coefficient (Wildman–Crippen LogP) is 5.83. The fourth-order valence-corrected chi connectivity index (χ4v) is 6.04. The van der Waals surface area contributed by atoms with Crippen LogP contribution in [0.4, 0.5) is 0 Å². The van der Waals surface area contributed by atoms with Crippen LogP contribution in [0, 0.1) is 12.3 Å². The van der Waals surface area contributed by atoms with Crippen molar-refractivity contribution in [3.8, 4) is 0 Å². The first-order valence-electron chi connectivity index (χ1n) is 11.7. The maximum Gasteiger partial charge on any atom is 0.255 e. The standard InChI is InChI=1S/C29H32N2O2S/c1-20-13-11-12-18-23(20)27(33)31-24(19-34-28(31)29(2,3)4)26(32)30-25(21-14-7-5-8-15-21)22-16-9-6-10-17-22/h5-18,24-25,28H,19H2,1-4H3,(H,30,32). The van der Waals surface area contributed by atoms with Crippen LogP contribution in [0.3, 0.4) is 0 Å². The third-order valence-electron chi connectivity index (χ3n) is 6.21. The average molecular weight is 473 g/mol. The molecular formula is C29H32N2O2S. The Bertz CT molecular complexity index is 1100. The van der Waals surface area contributed by atoms with E-state index >= 15 is 0 Å². The second-order valence-corrected chi connectivity index (χ2v) is 11.0. The van der Waals surface area contributed by atoms with Gasteiger partial charge in [-0.25, -0.2) is 0 Å². The molecule has 5 heteroatoms. The van der Waals surface area contributed by atoms with Crippen LogP contribution in [-0.4, -0.2) is 33.9 Å². The zero-order chi connectivity index (χ0) is 24.3. The van der Waals surface area contributed by atoms with E-state index in [0.717, 1.165) is 16.7 Å². The number of hydrogen-bond acceptors (Lipinski definition) is 3. The van der Waals surface area contributed by atoms with E-state index in [-0.39, 0.29) is 28.6 Å². The van der Waals surface area contributed by atoms with E-state index < -0.39 is 6.04 Å². The van der Waals surface area contributed by atoms with Gasteiger partial charge in [0.15, 0.2) is 0 Å². The Morgan fingerprint density at radius 1 is 0.882 bits per heavy atom. The van der Waals surface area contributed by atoms with E-state index in [1.807, 2.05) is 96.8 Å². The van der Waals surface area contributed by atoms with Gasteiger partial charge in [-0.05, 0) is 35.1 Å². The maximum atomic E-state index is 13.8. The van der Waals surface area contributed by atoms with Crippen LogP contribution in [0.15, 0.2) is 84.9 Å². The number of benzene rings is 3. The van der Waals surface area contributed by atoms with Crippen molar-refractivity contribution in [2.24, 2.45) is 5.41 Å². The summed E-state index contributed by atoms with van der Waals surface area (Å²) in [5, 5.41) is 3.17. The van der Waals surface area contributed by atoms with Crippen molar-refractivity contribution in [1.82, 2.24) is 10.2 Å². The summed E-state index contributed by atoms with van der Waals surface area (Å²) >= 11 is 1.69. The molecular weight excluding hydrogens is 440 g/mol. The van der Waals surface area contributed by atoms with Gasteiger partial charge in [0.25, 0.3) is 5.91 Å². The predicted molar refractivity (Wildman–Crippen MR) is 140 cm³/mol. The molecule has 0 saturated carbocycles. The summed E-state index contributed by atoms with van der Waals surface area (Å²) < 4.78 is 0. The molecule has 0 radical (unpaired) electrons. The molecule has 1 heterocycles. The molecule has 0 bridgehead atoms. The van der Waals surface area contributed by atoms with Crippen LogP contribution < -0.4 is 5.32 Å². The first kappa shape index (κ1) is 24.1. The number of aryl methyl sites for hydroxylation is 1. The SMILES string of the molecule is Cc1ccccc1C(=O)N1C(C(=O)NC(c2ccccc2)c2ccccc2)CSC1C(C)(C)C. The van der Waals surface area contributed by atoms with Crippen LogP contribution in [-0.2, 0) is 4.79 Å². The first-order chi connectivity index (χ1) is 16.3. The smallest absolute Gasteiger partial charge is 0.255 e. The van der Waals surface area contributed by atoms with Crippen molar-refractivity contribution in [1.29, 1.82) is 0 Å². The summed E-state index contributed by atoms with van der Waals surface area (Å²) in [5.41, 5.74) is 3.42. The van der Waals surface area contributed by atoms with E-state index in [0.29, 0.717) is 11.3 Å². The van der Waals surface area contributed by atoms with E-state index in [1.165, 1.54) is 0 Å². The van der Waals surface area contributed by atoms with Crippen LogP contribution >= 0.6 is 11.8 Å². The Kier molecular flexibility index (Phi) is 7.13. The van der Waals surface area contributed by atoms with Gasteiger partial charge in [0.1, 0.15) is 6.04 Å². The van der Waals surface area contributed by atoms with Gasteiger partial charge in [0.05, 0.1) is 11.4 Å². The van der Waals surface area contributed by atoms with Crippen molar-refractivity contribution in [2.75, 3.05) is 5.75 Å². The number of carbonyl (C=O) groups is 2. The fraction of sp³-hybridized carbons (Fsp3) is 0.310. The summed E-state index contributed by atoms with van der Waals surface area (Å²) in [6.45, 7) is 8.32. The number of thioether (sulfide) groups is 1. The molecule has 0 spiro atoms. The molecule has 4 nitrogen and oxygen atoms in total. The van der Waals surface area contributed by atoms with Gasteiger partial charge < -0.3 is 10.2 Å². The Balaban J connectivity index is 1.67. The van der Waals surface area contributed by atoms with Crippen LogP contribution in [0.2, 0.25) is 0 Å². The van der Waals surface area contributed by atoms with E-state index in [2.05, 4.69) is 26.1 Å². The van der Waals surface area contributed by atoms with Crippen molar-refractivity contribution in [3.05, 3.63) is 107 Å². The van der Waals surface area contributed by atoms with Gasteiger partial charge in [0, 0.05) is 11.3 Å². The highest BCUT2D eigenvalue weighted by molar-refractivity contribution is 8.00. The number of carbonyl (C=O) groups excluding carboxylic acids is 2. The third kappa shape index (κ3) is 5.05. The largest absolute Gasteiger partial charge is 0.343 e. The van der Waals surface area contributed by atoms with Gasteiger partial charge in [-0.2, -0.15) is 0 Å². The number of hydrogen-bond donors (Lipinski definition) is 1. The molecule has 1 aliphatic heterocycles. The molecule has 1 saturated heterocycles. The lowest BCUT2D eigenvalue weighted by atomic mass is 9.93. The van der Waals surface area contributed by atoms with Crippen LogP contribution in [0.25, 0.3) is 0 Å². The summed E-state index contributed by atoms with van der Waals surface area (Å²) in [4.78, 5) is 29.4. The van der Waals surface area contributed by atoms with Gasteiger partial charge in [0.2, 0.25) is 5.91 Å². The molecule has 3 aromatic rings. The minimum Gasteiger partial charge on any atom is -0.343 e. The number of rotatable bonds is 5. The van der Waals surface area contributed by atoms with E-state index in [4.69, 9.17) is 0 Å². The Morgan fingerprint density at radius 2 is 1.41 bits per heavy atom. The zero-order valence-electron chi connectivity index (χ0n) is 20.2. The van der Waals surface area contributed by atoms with Crippen molar-refractivity contribution < 1.29 is 9.59 Å². The van der Waals surface area contributed by atoms with Crippen molar-refractivity contribution in [3.63, 3.8) is 0 Å². The lowest BCUT2D eigenvalue weighted by Crippen LogP contribution is -2.53. The highest BCUT2D eigenvalue weighted by Gasteiger charge is 2.47. The van der Waals surface area contributed by atoms with Gasteiger partial charge in [-0.15, -0.1) is 11.8 Å². The second-order valence-electron chi connectivity index (χ2n) is 9.86. The second kappa shape index (κ2) is 10.1. The molecule has 0 aromatic heterocycles. The molecule has 2 amide bonds. The molecule has 1 fully saturated rings. The minimum atomic E-state index is -0.545. The summed E-state index contributed by atoms with van der Waals surface area (Å²) in [6, 6.07) is 26.7. The Hall–Kier alpha value is -3.05. The first-order valence-corrected chi connectivity index (χ1v) is 12.7. The Morgan fingerprint density at radius 3 is 1.94 bits per heavy atom. The third-order valence-corrected chi connectivity index (χ3v) is 7.96. The molecule has 34 heavy (non-hydrogen) atoms. The fourth-order valence-electron chi connectivity index (χ4n) is 4.46. The summed E-state index contributed by atoms with van der Waals surface area (Å²) in [7, 11) is 0. The van der Waals surface area contributed by atoms with Crippen molar-refractivity contribution >= 4 is 23.6 Å². The lowest BCUT2D eigenvalue weighted by Gasteiger charge is -2.37. The summed E-state index contributed by atoms with van der Waals surface area (Å²) in [6.07, 6.45) is 0. The number of nitrogens with one attached hydrogen (secondary N) is 1. The molecule has 2 atom stereocenters. The van der Waals surface area contributed by atoms with Crippen molar-refractivity contribution in [2.45, 2.75) is 45.2 Å². The number of amides is 2. The van der Waals surface area contributed by atoms with Gasteiger partial charge in [-0.1, -0.05) is 99.6 Å². The maximum absolute atomic E-state index is 13.8. The molecule has 3 aromatic carbocycles. The van der Waals surface area contributed by atoms with E-state index in [1.54, 1.807) is 11.8 Å². The highest BCUT2D eigenvalue weighted by atomic mass is 32.2. The van der Waals surface area contributed by atoms with Crippen LogP contribution in [0.5, 0.6) is 0 Å². The monoisotopic (exact) mass is 472 g/mol. The zero-order valence-corrected chi connectivity index (χ0v) is 21.0. The van der Waals surface area contributed by atoms with Gasteiger partial charge >= 0.3 is 0 Å². The topological polar surface area (TPSA) is 49.4 Å². The minimum absolute atomic E-state index is 0.0841. The highest BCUT2D eigenvalue weighted by Crippen LogP contribution is 2.41. The molecule has 176 valence electrons. The number of nitrogens with zero attached hydrogens (tertiary/aromatic N) is 1. The summed E-state index contributed by atoms with van der Waals surface area (Å²) in [5.74, 6) is 0.361. The molecule has 1 N–H and O–H groups in total. The van der Waals surface area contributed by atoms with Gasteiger partial charge in [-0.3, -0.25) is 9.59 Å². The molecule has 1 aliphatic rings. The lowest BCUT2D eigenvalue weighted by molar-refractivity contribution is -0.125.